The molecule has 4 aromatic rings. The summed E-state index contributed by atoms with van der Waals surface area (Å²) in [6.07, 6.45) is 0.218. The summed E-state index contributed by atoms with van der Waals surface area (Å²) >= 11 is 0. The zero-order chi connectivity index (χ0) is 27.2. The van der Waals surface area contributed by atoms with Crippen molar-refractivity contribution in [2.24, 2.45) is 0 Å². The molecule has 0 saturated carbocycles. The van der Waals surface area contributed by atoms with Crippen molar-refractivity contribution in [1.29, 1.82) is 0 Å². The van der Waals surface area contributed by atoms with Crippen LogP contribution in [0, 0.1) is 6.92 Å². The van der Waals surface area contributed by atoms with Crippen LogP contribution in [0.15, 0.2) is 82.1 Å². The number of hydrogen-bond acceptors (Lipinski definition) is 6. The lowest BCUT2D eigenvalue weighted by Gasteiger charge is -2.39. The molecule has 9 heteroatoms. The molecular formula is C29H29N3O5S. The zero-order valence-corrected chi connectivity index (χ0v) is 22.5. The number of carbonyl (C=O) groups is 2. The predicted octanol–water partition coefficient (Wildman–Crippen LogP) is 5.31. The Kier molecular flexibility index (Phi) is 6.44. The summed E-state index contributed by atoms with van der Waals surface area (Å²) in [7, 11) is -4.08. The van der Waals surface area contributed by atoms with Crippen LogP contribution in [-0.2, 0) is 19.6 Å². The molecule has 0 bridgehead atoms. The van der Waals surface area contributed by atoms with Crippen molar-refractivity contribution in [2.75, 3.05) is 4.90 Å². The number of oxazole rings is 1. The van der Waals surface area contributed by atoms with Crippen LogP contribution in [0.1, 0.15) is 39.2 Å². The van der Waals surface area contributed by atoms with Crippen molar-refractivity contribution in [3.05, 3.63) is 78.4 Å². The summed E-state index contributed by atoms with van der Waals surface area (Å²) in [6.45, 7) is 7.28. The molecule has 38 heavy (non-hydrogen) atoms. The maximum Gasteiger partial charge on any atom is 0.252 e. The summed E-state index contributed by atoms with van der Waals surface area (Å²) in [4.78, 5) is 32.5. The molecule has 0 N–H and O–H groups in total. The van der Waals surface area contributed by atoms with E-state index >= 15 is 0 Å². The quantitative estimate of drug-likeness (QED) is 0.300. The molecule has 1 aromatic heterocycles. The first-order valence-corrected chi connectivity index (χ1v) is 13.9. The van der Waals surface area contributed by atoms with E-state index in [1.807, 2.05) is 38.1 Å². The summed E-state index contributed by atoms with van der Waals surface area (Å²) in [6, 6.07) is 19.5. The number of para-hydroxylation sites is 2. The summed E-state index contributed by atoms with van der Waals surface area (Å²) in [5.41, 5.74) is 2.46. The average Bonchev–Trinajstić information content (AvgIpc) is 3.44. The van der Waals surface area contributed by atoms with E-state index in [0.717, 1.165) is 16.0 Å². The third-order valence-electron chi connectivity index (χ3n) is 7.11. The molecule has 2 heterocycles. The highest BCUT2D eigenvalue weighted by molar-refractivity contribution is 7.89. The van der Waals surface area contributed by atoms with Crippen LogP contribution in [0.4, 0.5) is 5.69 Å². The monoisotopic (exact) mass is 531 g/mol. The van der Waals surface area contributed by atoms with Gasteiger partial charge in [-0.3, -0.25) is 9.59 Å². The first kappa shape index (κ1) is 25.8. The Labute approximate surface area is 221 Å². The van der Waals surface area contributed by atoms with Gasteiger partial charge in [-0.2, -0.15) is 4.31 Å². The molecule has 1 aliphatic heterocycles. The number of anilines is 1. The zero-order valence-electron chi connectivity index (χ0n) is 21.7. The smallest absolute Gasteiger partial charge is 0.252 e. The molecular weight excluding hydrogens is 502 g/mol. The van der Waals surface area contributed by atoms with Gasteiger partial charge >= 0.3 is 0 Å². The lowest BCUT2D eigenvalue weighted by atomic mass is 10.00. The van der Waals surface area contributed by atoms with E-state index in [1.54, 1.807) is 50.2 Å². The minimum atomic E-state index is -4.08. The van der Waals surface area contributed by atoms with E-state index < -0.39 is 33.4 Å². The second-order valence-electron chi connectivity index (χ2n) is 10.1. The van der Waals surface area contributed by atoms with Crippen molar-refractivity contribution in [2.45, 2.75) is 57.0 Å². The molecule has 1 aliphatic rings. The highest BCUT2D eigenvalue weighted by Gasteiger charge is 2.51. The van der Waals surface area contributed by atoms with Gasteiger partial charge < -0.3 is 4.42 Å². The standard InChI is InChI=1S/C29H29N3O5S/c1-5-29(3,4)32(38(35,36)22-16-10-19(2)11-17-22)24-18-26(33)31(28(24)34)21-14-12-20(13-15-21)27-30-23-8-6-7-9-25(23)37-27/h6-17,24H,5,18H2,1-4H3. The van der Waals surface area contributed by atoms with Crippen molar-refractivity contribution in [1.82, 2.24) is 9.29 Å². The summed E-state index contributed by atoms with van der Waals surface area (Å²) < 4.78 is 34.7. The van der Waals surface area contributed by atoms with Gasteiger partial charge in [0.1, 0.15) is 11.6 Å². The first-order valence-electron chi connectivity index (χ1n) is 12.5. The third-order valence-corrected chi connectivity index (χ3v) is 9.25. The Morgan fingerprint density at radius 1 is 1.00 bits per heavy atom. The van der Waals surface area contributed by atoms with E-state index in [0.29, 0.717) is 29.1 Å². The molecule has 0 aliphatic carbocycles. The van der Waals surface area contributed by atoms with E-state index in [4.69, 9.17) is 4.42 Å². The number of carbonyl (C=O) groups excluding carboxylic acids is 2. The molecule has 1 fully saturated rings. The summed E-state index contributed by atoms with van der Waals surface area (Å²) in [5, 5.41) is 0. The molecule has 3 aromatic carbocycles. The Balaban J connectivity index is 1.47. The first-order chi connectivity index (χ1) is 18.0. The maximum atomic E-state index is 13.8. The Morgan fingerprint density at radius 2 is 1.66 bits per heavy atom. The highest BCUT2D eigenvalue weighted by atomic mass is 32.2. The van der Waals surface area contributed by atoms with Gasteiger partial charge in [-0.15, -0.1) is 0 Å². The number of aryl methyl sites for hydroxylation is 1. The van der Waals surface area contributed by atoms with Crippen LogP contribution in [0.5, 0.6) is 0 Å². The number of fused-ring (bicyclic) bond motifs is 1. The maximum absolute atomic E-state index is 13.8. The number of rotatable bonds is 7. The van der Waals surface area contributed by atoms with Crippen molar-refractivity contribution < 1.29 is 22.4 Å². The normalized spacial score (nSPS) is 16.7. The van der Waals surface area contributed by atoms with E-state index in [1.165, 1.54) is 16.4 Å². The molecule has 2 amide bonds. The minimum Gasteiger partial charge on any atom is -0.436 e. The van der Waals surface area contributed by atoms with Crippen molar-refractivity contribution >= 4 is 38.6 Å². The fourth-order valence-corrected chi connectivity index (χ4v) is 6.70. The Bertz CT molecular complexity index is 1590. The van der Waals surface area contributed by atoms with Gasteiger partial charge in [0.05, 0.1) is 17.0 Å². The predicted molar refractivity (Wildman–Crippen MR) is 145 cm³/mol. The van der Waals surface area contributed by atoms with Crippen LogP contribution < -0.4 is 4.90 Å². The molecule has 1 saturated heterocycles. The van der Waals surface area contributed by atoms with Crippen molar-refractivity contribution in [3.8, 4) is 11.5 Å². The van der Waals surface area contributed by atoms with Gasteiger partial charge in [0, 0.05) is 11.1 Å². The lowest BCUT2D eigenvalue weighted by Crippen LogP contribution is -2.55. The fourth-order valence-electron chi connectivity index (χ4n) is 4.71. The number of sulfonamides is 1. The highest BCUT2D eigenvalue weighted by Crippen LogP contribution is 2.36. The van der Waals surface area contributed by atoms with Crippen LogP contribution in [0.2, 0.25) is 0 Å². The largest absolute Gasteiger partial charge is 0.436 e. The van der Waals surface area contributed by atoms with Gasteiger partial charge in [0.2, 0.25) is 21.8 Å². The molecule has 0 radical (unpaired) electrons. The van der Waals surface area contributed by atoms with Crippen molar-refractivity contribution in [3.63, 3.8) is 0 Å². The van der Waals surface area contributed by atoms with Crippen LogP contribution in [-0.4, -0.2) is 41.1 Å². The van der Waals surface area contributed by atoms with Crippen LogP contribution in [0.25, 0.3) is 22.6 Å². The van der Waals surface area contributed by atoms with Gasteiger partial charge in [-0.1, -0.05) is 36.8 Å². The summed E-state index contributed by atoms with van der Waals surface area (Å²) in [5.74, 6) is -0.595. The molecule has 5 rings (SSSR count). The van der Waals surface area contributed by atoms with Gasteiger partial charge in [-0.25, -0.2) is 18.3 Å². The molecule has 1 unspecified atom stereocenters. The molecule has 196 valence electrons. The number of aromatic nitrogens is 1. The number of hydrogen-bond donors (Lipinski definition) is 0. The second kappa shape index (κ2) is 9.49. The number of imide groups is 1. The van der Waals surface area contributed by atoms with Crippen LogP contribution >= 0.6 is 0 Å². The van der Waals surface area contributed by atoms with Gasteiger partial charge in [-0.05, 0) is 75.7 Å². The van der Waals surface area contributed by atoms with Gasteiger partial charge in [0.15, 0.2) is 5.58 Å². The third kappa shape index (κ3) is 4.41. The second-order valence-corrected chi connectivity index (χ2v) is 11.9. The number of amides is 2. The lowest BCUT2D eigenvalue weighted by molar-refractivity contribution is -0.122. The molecule has 1 atom stereocenters. The SMILES string of the molecule is CCC(C)(C)N(C1CC(=O)N(c2ccc(-c3nc4ccccc4o3)cc2)C1=O)S(=O)(=O)c1ccc(C)cc1. The van der Waals surface area contributed by atoms with E-state index in [2.05, 4.69) is 4.98 Å². The Morgan fingerprint density at radius 3 is 2.29 bits per heavy atom. The molecule has 0 spiro atoms. The van der Waals surface area contributed by atoms with Gasteiger partial charge in [0.25, 0.3) is 5.91 Å². The minimum absolute atomic E-state index is 0.0889. The number of benzene rings is 3. The molecule has 8 nitrogen and oxygen atoms in total. The number of nitrogens with zero attached hydrogens (tertiary/aromatic N) is 3. The van der Waals surface area contributed by atoms with Crippen LogP contribution in [0.3, 0.4) is 0 Å². The fraction of sp³-hybridized carbons (Fsp3) is 0.276. The van der Waals surface area contributed by atoms with E-state index in [9.17, 15) is 18.0 Å². The van der Waals surface area contributed by atoms with E-state index in [-0.39, 0.29) is 11.3 Å². The topological polar surface area (TPSA) is 101 Å². The Hall–Kier alpha value is -3.82. The average molecular weight is 532 g/mol.